The molecule has 7 heteroatoms. The van der Waals surface area contributed by atoms with Crippen LogP contribution in [-0.2, 0) is 11.3 Å². The Morgan fingerprint density at radius 2 is 1.65 bits per heavy atom. The molecular formula is C19H23FN4O2. The molecule has 0 aliphatic carbocycles. The molecule has 0 spiro atoms. The van der Waals surface area contributed by atoms with Crippen LogP contribution in [0.2, 0.25) is 0 Å². The largest absolute Gasteiger partial charge is 0.373 e. The zero-order chi connectivity index (χ0) is 18.8. The molecule has 0 saturated heterocycles. The number of urea groups is 1. The van der Waals surface area contributed by atoms with Crippen LogP contribution in [0.5, 0.6) is 0 Å². The number of nitrogens with zero attached hydrogens (tertiary/aromatic N) is 1. The van der Waals surface area contributed by atoms with Crippen molar-refractivity contribution >= 4 is 17.6 Å². The van der Waals surface area contributed by atoms with Gasteiger partial charge in [0.1, 0.15) is 5.82 Å². The van der Waals surface area contributed by atoms with Crippen LogP contribution < -0.4 is 20.9 Å². The molecule has 0 aliphatic heterocycles. The van der Waals surface area contributed by atoms with E-state index in [-0.39, 0.29) is 24.8 Å². The van der Waals surface area contributed by atoms with Crippen LogP contribution in [0.1, 0.15) is 5.56 Å². The molecular weight excluding hydrogens is 335 g/mol. The van der Waals surface area contributed by atoms with Gasteiger partial charge in [-0.15, -0.1) is 0 Å². The minimum absolute atomic E-state index is 0.107. The maximum Gasteiger partial charge on any atom is 0.315 e. The van der Waals surface area contributed by atoms with Gasteiger partial charge in [-0.3, -0.25) is 4.79 Å². The predicted octanol–water partition coefficient (Wildman–Crippen LogP) is 1.88. The van der Waals surface area contributed by atoms with Gasteiger partial charge < -0.3 is 20.9 Å². The molecule has 0 heterocycles. The number of anilines is 1. The molecule has 2 rings (SSSR count). The van der Waals surface area contributed by atoms with Gasteiger partial charge in [-0.1, -0.05) is 30.3 Å². The van der Waals surface area contributed by atoms with Crippen molar-refractivity contribution in [1.82, 2.24) is 16.0 Å². The number of benzene rings is 2. The molecule has 2 aromatic carbocycles. The van der Waals surface area contributed by atoms with E-state index in [1.165, 1.54) is 12.1 Å². The number of rotatable bonds is 8. The smallest absolute Gasteiger partial charge is 0.315 e. The molecule has 3 N–H and O–H groups in total. The zero-order valence-corrected chi connectivity index (χ0v) is 14.7. The van der Waals surface area contributed by atoms with Gasteiger partial charge in [0.05, 0.1) is 6.54 Å². The summed E-state index contributed by atoms with van der Waals surface area (Å²) in [5.41, 5.74) is 1.84. The molecule has 2 aromatic rings. The van der Waals surface area contributed by atoms with E-state index in [2.05, 4.69) is 16.0 Å². The highest BCUT2D eigenvalue weighted by molar-refractivity contribution is 5.83. The number of amides is 3. The third-order valence-electron chi connectivity index (χ3n) is 3.74. The Hall–Kier alpha value is -3.09. The van der Waals surface area contributed by atoms with Gasteiger partial charge >= 0.3 is 6.03 Å². The van der Waals surface area contributed by atoms with Crippen molar-refractivity contribution in [3.63, 3.8) is 0 Å². The van der Waals surface area contributed by atoms with Gasteiger partial charge in [0.15, 0.2) is 0 Å². The fraction of sp³-hybridized carbons (Fsp3) is 0.263. The molecule has 6 nitrogen and oxygen atoms in total. The average molecular weight is 358 g/mol. The van der Waals surface area contributed by atoms with Crippen LogP contribution >= 0.6 is 0 Å². The van der Waals surface area contributed by atoms with Gasteiger partial charge in [0, 0.05) is 32.4 Å². The Balaban J connectivity index is 1.59. The third-order valence-corrected chi connectivity index (χ3v) is 3.74. The number of carbonyl (C=O) groups excluding carboxylic acids is 2. The minimum Gasteiger partial charge on any atom is -0.373 e. The number of hydrogen-bond donors (Lipinski definition) is 3. The van der Waals surface area contributed by atoms with E-state index in [0.29, 0.717) is 13.1 Å². The number of para-hydroxylation sites is 1. The van der Waals surface area contributed by atoms with Gasteiger partial charge in [0.25, 0.3) is 0 Å². The summed E-state index contributed by atoms with van der Waals surface area (Å²) in [5.74, 6) is -0.587. The van der Waals surface area contributed by atoms with E-state index in [1.54, 1.807) is 12.1 Å². The first-order chi connectivity index (χ1) is 12.5. The molecule has 138 valence electrons. The van der Waals surface area contributed by atoms with E-state index < -0.39 is 6.03 Å². The summed E-state index contributed by atoms with van der Waals surface area (Å²) >= 11 is 0. The lowest BCUT2D eigenvalue weighted by Gasteiger charge is -2.19. The van der Waals surface area contributed by atoms with Crippen LogP contribution in [0.4, 0.5) is 14.9 Å². The molecule has 0 bridgehead atoms. The van der Waals surface area contributed by atoms with Crippen molar-refractivity contribution < 1.29 is 14.0 Å². The van der Waals surface area contributed by atoms with Crippen LogP contribution in [0.3, 0.4) is 0 Å². The van der Waals surface area contributed by atoms with Crippen molar-refractivity contribution in [2.75, 3.05) is 31.6 Å². The standard InChI is InChI=1S/C19H23FN4O2/c1-24(17-5-3-2-4-6-17)12-11-21-18(25)14-23-19(26)22-13-15-7-9-16(20)10-8-15/h2-10H,11-14H2,1H3,(H,21,25)(H2,22,23,26). The first kappa shape index (κ1) is 19.2. The Morgan fingerprint density at radius 3 is 2.35 bits per heavy atom. The topological polar surface area (TPSA) is 73.5 Å². The summed E-state index contributed by atoms with van der Waals surface area (Å²) in [6, 6.07) is 15.2. The summed E-state index contributed by atoms with van der Waals surface area (Å²) in [6.45, 7) is 1.29. The predicted molar refractivity (Wildman–Crippen MR) is 99.4 cm³/mol. The highest BCUT2D eigenvalue weighted by Crippen LogP contribution is 2.09. The highest BCUT2D eigenvalue weighted by atomic mass is 19.1. The number of nitrogens with one attached hydrogen (secondary N) is 3. The van der Waals surface area contributed by atoms with E-state index in [0.717, 1.165) is 11.3 Å². The number of halogens is 1. The van der Waals surface area contributed by atoms with E-state index in [4.69, 9.17) is 0 Å². The molecule has 0 unspecified atom stereocenters. The van der Waals surface area contributed by atoms with Crippen LogP contribution in [-0.4, -0.2) is 38.6 Å². The lowest BCUT2D eigenvalue weighted by molar-refractivity contribution is -0.120. The Labute approximate surface area is 152 Å². The Bertz CT molecular complexity index is 707. The van der Waals surface area contributed by atoms with Crippen LogP contribution in [0, 0.1) is 5.82 Å². The van der Waals surface area contributed by atoms with E-state index in [9.17, 15) is 14.0 Å². The fourth-order valence-electron chi connectivity index (χ4n) is 2.24. The molecule has 0 atom stereocenters. The van der Waals surface area contributed by atoms with E-state index in [1.807, 2.05) is 42.3 Å². The monoisotopic (exact) mass is 358 g/mol. The Kier molecular flexibility index (Phi) is 7.42. The van der Waals surface area contributed by atoms with Crippen molar-refractivity contribution in [3.8, 4) is 0 Å². The van der Waals surface area contributed by atoms with Crippen LogP contribution in [0.25, 0.3) is 0 Å². The van der Waals surface area contributed by atoms with Crippen molar-refractivity contribution in [1.29, 1.82) is 0 Å². The molecule has 0 aliphatic rings. The molecule has 0 radical (unpaired) electrons. The number of hydrogen-bond acceptors (Lipinski definition) is 3. The molecule has 26 heavy (non-hydrogen) atoms. The maximum atomic E-state index is 12.8. The zero-order valence-electron chi connectivity index (χ0n) is 14.7. The SMILES string of the molecule is CN(CCNC(=O)CNC(=O)NCc1ccc(F)cc1)c1ccccc1. The van der Waals surface area contributed by atoms with Gasteiger partial charge in [0.2, 0.25) is 5.91 Å². The minimum atomic E-state index is -0.453. The molecule has 0 aromatic heterocycles. The van der Waals surface area contributed by atoms with Crippen molar-refractivity contribution in [3.05, 3.63) is 66.0 Å². The fourth-order valence-corrected chi connectivity index (χ4v) is 2.24. The van der Waals surface area contributed by atoms with Crippen LogP contribution in [0.15, 0.2) is 54.6 Å². The first-order valence-corrected chi connectivity index (χ1v) is 8.33. The molecule has 3 amide bonds. The summed E-state index contributed by atoms with van der Waals surface area (Å²) < 4.78 is 12.8. The summed E-state index contributed by atoms with van der Waals surface area (Å²) in [4.78, 5) is 25.5. The molecule has 0 fully saturated rings. The third kappa shape index (κ3) is 6.80. The van der Waals surface area contributed by atoms with Gasteiger partial charge in [-0.05, 0) is 29.8 Å². The second-order valence-corrected chi connectivity index (χ2v) is 5.77. The second-order valence-electron chi connectivity index (χ2n) is 5.77. The van der Waals surface area contributed by atoms with Gasteiger partial charge in [-0.25, -0.2) is 9.18 Å². The summed E-state index contributed by atoms with van der Waals surface area (Å²) in [7, 11) is 1.95. The molecule has 0 saturated carbocycles. The number of carbonyl (C=O) groups is 2. The average Bonchev–Trinajstić information content (AvgIpc) is 2.66. The normalized spacial score (nSPS) is 10.1. The lowest BCUT2D eigenvalue weighted by Crippen LogP contribution is -2.43. The maximum absolute atomic E-state index is 12.8. The lowest BCUT2D eigenvalue weighted by atomic mass is 10.2. The van der Waals surface area contributed by atoms with Gasteiger partial charge in [-0.2, -0.15) is 0 Å². The highest BCUT2D eigenvalue weighted by Gasteiger charge is 2.06. The second kappa shape index (κ2) is 10.0. The van der Waals surface area contributed by atoms with E-state index >= 15 is 0 Å². The first-order valence-electron chi connectivity index (χ1n) is 8.33. The number of likely N-dealkylation sites (N-methyl/N-ethyl adjacent to an activating group) is 1. The Morgan fingerprint density at radius 1 is 0.962 bits per heavy atom. The summed E-state index contributed by atoms with van der Waals surface area (Å²) in [6.07, 6.45) is 0. The van der Waals surface area contributed by atoms with Crippen molar-refractivity contribution in [2.45, 2.75) is 6.54 Å². The summed E-state index contributed by atoms with van der Waals surface area (Å²) in [5, 5.41) is 7.85. The quantitative estimate of drug-likeness (QED) is 0.675. The van der Waals surface area contributed by atoms with Crippen molar-refractivity contribution in [2.24, 2.45) is 0 Å².